The van der Waals surface area contributed by atoms with Crippen LogP contribution in [-0.4, -0.2) is 23.0 Å². The summed E-state index contributed by atoms with van der Waals surface area (Å²) in [6.45, 7) is 17.8. The topological polar surface area (TPSA) is 16.1 Å². The molecule has 0 saturated heterocycles. The molecule has 1 aromatic heterocycles. The molecule has 0 amide bonds. The molecule has 0 aliphatic carbocycles. The minimum atomic E-state index is 0. The second-order valence-electron chi connectivity index (χ2n) is 6.15. The third-order valence-corrected chi connectivity index (χ3v) is 3.44. The van der Waals surface area contributed by atoms with E-state index in [2.05, 4.69) is 64.6 Å². The van der Waals surface area contributed by atoms with Crippen molar-refractivity contribution in [3.63, 3.8) is 0 Å². The SMILES string of the molecule is [CH2-]CN(CC)Cc1cccc(C(C)(C)C[C-](C)C)n1.[CH3-].[V+2].[V]. The fourth-order valence-corrected chi connectivity index (χ4v) is 2.50. The Bertz CT molecular complexity index is 388. The summed E-state index contributed by atoms with van der Waals surface area (Å²) in [6, 6.07) is 6.38. The van der Waals surface area contributed by atoms with Crippen LogP contribution in [0.25, 0.3) is 0 Å². The first kappa shape index (κ1) is 27.1. The van der Waals surface area contributed by atoms with Gasteiger partial charge in [-0.1, -0.05) is 26.8 Å². The van der Waals surface area contributed by atoms with Gasteiger partial charge in [0.2, 0.25) is 0 Å². The van der Waals surface area contributed by atoms with E-state index in [1.54, 1.807) is 0 Å². The number of nitrogens with zero attached hydrogens (tertiary/aromatic N) is 2. The van der Waals surface area contributed by atoms with E-state index in [4.69, 9.17) is 4.98 Å². The van der Waals surface area contributed by atoms with Crippen molar-refractivity contribution in [2.24, 2.45) is 0 Å². The Hall–Kier alpha value is 0.279. The van der Waals surface area contributed by atoms with E-state index >= 15 is 0 Å². The number of hydrogen-bond donors (Lipinski definition) is 0. The van der Waals surface area contributed by atoms with E-state index < -0.39 is 0 Å². The van der Waals surface area contributed by atoms with Crippen LogP contribution < -0.4 is 0 Å². The van der Waals surface area contributed by atoms with Gasteiger partial charge in [0, 0.05) is 30.8 Å². The van der Waals surface area contributed by atoms with E-state index in [0.29, 0.717) is 0 Å². The number of pyridine rings is 1. The third-order valence-electron chi connectivity index (χ3n) is 3.44. The van der Waals surface area contributed by atoms with Gasteiger partial charge in [-0.05, 0) is 24.1 Å². The van der Waals surface area contributed by atoms with Crippen LogP contribution in [0.15, 0.2) is 18.2 Å². The van der Waals surface area contributed by atoms with Crippen molar-refractivity contribution in [1.82, 2.24) is 9.88 Å². The number of hydrogen-bond acceptors (Lipinski definition) is 2. The fourth-order valence-electron chi connectivity index (χ4n) is 2.50. The van der Waals surface area contributed by atoms with Gasteiger partial charge in [0.15, 0.2) is 0 Å². The van der Waals surface area contributed by atoms with Crippen molar-refractivity contribution < 1.29 is 37.1 Å². The molecule has 0 aliphatic rings. The second-order valence-corrected chi connectivity index (χ2v) is 6.15. The Morgan fingerprint density at radius 1 is 1.27 bits per heavy atom. The second kappa shape index (κ2) is 12.7. The molecule has 0 bridgehead atoms. The van der Waals surface area contributed by atoms with Crippen LogP contribution in [0.5, 0.6) is 0 Å². The fraction of sp³-hybridized carbons (Fsp3) is 0.556. The Morgan fingerprint density at radius 2 is 1.86 bits per heavy atom. The number of aromatic nitrogens is 1. The summed E-state index contributed by atoms with van der Waals surface area (Å²) in [4.78, 5) is 7.14. The van der Waals surface area contributed by atoms with E-state index in [1.807, 2.05) is 0 Å². The van der Waals surface area contributed by atoms with Crippen LogP contribution in [0.3, 0.4) is 0 Å². The summed E-state index contributed by atoms with van der Waals surface area (Å²) >= 11 is 0. The van der Waals surface area contributed by atoms with Crippen molar-refractivity contribution in [2.45, 2.75) is 53.0 Å². The van der Waals surface area contributed by atoms with Crippen LogP contribution >= 0.6 is 0 Å². The molecule has 22 heavy (non-hydrogen) atoms. The Balaban J connectivity index is -0.00000120. The van der Waals surface area contributed by atoms with Crippen LogP contribution in [0.1, 0.15) is 52.4 Å². The zero-order valence-corrected chi connectivity index (χ0v) is 17.8. The molecule has 0 aliphatic heterocycles. The Morgan fingerprint density at radius 3 is 2.32 bits per heavy atom. The van der Waals surface area contributed by atoms with E-state index in [-0.39, 0.29) is 50.0 Å². The zero-order chi connectivity index (χ0) is 14.5. The summed E-state index contributed by atoms with van der Waals surface area (Å²) in [5.41, 5.74) is 2.44. The quantitative estimate of drug-likeness (QED) is 0.652. The van der Waals surface area contributed by atoms with Gasteiger partial charge < -0.3 is 25.2 Å². The zero-order valence-electron chi connectivity index (χ0n) is 15.1. The van der Waals surface area contributed by atoms with Crippen LogP contribution in [0, 0.1) is 20.3 Å². The minimum absolute atomic E-state index is 0. The normalized spacial score (nSPS) is 10.7. The van der Waals surface area contributed by atoms with Gasteiger partial charge in [0.05, 0.1) is 5.69 Å². The van der Waals surface area contributed by atoms with Gasteiger partial charge in [-0.2, -0.15) is 20.3 Å². The molecule has 1 heterocycles. The van der Waals surface area contributed by atoms with Crippen molar-refractivity contribution in [2.75, 3.05) is 13.1 Å². The summed E-state index contributed by atoms with van der Waals surface area (Å²) in [7, 11) is 0. The van der Waals surface area contributed by atoms with Crippen molar-refractivity contribution in [3.8, 4) is 0 Å². The molecule has 0 unspecified atom stereocenters. The Kier molecular flexibility index (Phi) is 15.6. The average Bonchev–Trinajstić information content (AvgIpc) is 2.35. The predicted octanol–water partition coefficient (Wildman–Crippen LogP) is 4.46. The molecule has 0 N–H and O–H groups in total. The molecule has 124 valence electrons. The summed E-state index contributed by atoms with van der Waals surface area (Å²) in [5.74, 6) is 1.45. The van der Waals surface area contributed by atoms with Gasteiger partial charge in [-0.3, -0.25) is 4.98 Å². The molecule has 0 saturated carbocycles. The first-order chi connectivity index (χ1) is 8.89. The Labute approximate surface area is 162 Å². The predicted molar refractivity (Wildman–Crippen MR) is 89.2 cm³/mol. The maximum atomic E-state index is 4.85. The first-order valence-corrected chi connectivity index (χ1v) is 7.16. The third kappa shape index (κ3) is 8.79. The molecule has 0 fully saturated rings. The average molecular weight is 377 g/mol. The first-order valence-electron chi connectivity index (χ1n) is 7.16. The van der Waals surface area contributed by atoms with E-state index in [9.17, 15) is 0 Å². The van der Waals surface area contributed by atoms with Gasteiger partial charge >= 0.3 is 18.6 Å². The van der Waals surface area contributed by atoms with Gasteiger partial charge in [0.1, 0.15) is 0 Å². The molecular weight excluding hydrogens is 346 g/mol. The van der Waals surface area contributed by atoms with Crippen LogP contribution in [0.4, 0.5) is 0 Å². The maximum Gasteiger partial charge on any atom is 2.00 e. The summed E-state index contributed by atoms with van der Waals surface area (Å²) in [6.07, 6.45) is 1.08. The standard InChI is InChI=1S/C17H28N2.CH3.2V/c1-7-19(8-2)13-15-10-9-11-16(18-15)17(5,6)12-14(3)4;;;/h9-11H,1,7-8,12-13H2,2-6H3;1H3;;/q-2;-1;;+2. The van der Waals surface area contributed by atoms with Crippen molar-refractivity contribution in [1.29, 1.82) is 0 Å². The smallest absolute Gasteiger partial charge is 0.358 e. The largest absolute Gasteiger partial charge is 2.00 e. The summed E-state index contributed by atoms with van der Waals surface area (Å²) in [5, 5.41) is 0. The van der Waals surface area contributed by atoms with Crippen LogP contribution in [0.2, 0.25) is 0 Å². The number of rotatable bonds is 7. The van der Waals surface area contributed by atoms with Crippen LogP contribution in [-0.2, 0) is 49.1 Å². The van der Waals surface area contributed by atoms with Crippen molar-refractivity contribution >= 4 is 0 Å². The van der Waals surface area contributed by atoms with E-state index in [1.165, 1.54) is 11.6 Å². The molecule has 0 spiro atoms. The molecular formula is C18H31N2V2-. The maximum absolute atomic E-state index is 4.85. The molecule has 1 rings (SSSR count). The molecule has 2 radical (unpaired) electrons. The molecule has 0 atom stereocenters. The molecule has 4 heteroatoms. The summed E-state index contributed by atoms with van der Waals surface area (Å²) < 4.78 is 0. The van der Waals surface area contributed by atoms with Gasteiger partial charge in [-0.15, -0.1) is 6.54 Å². The van der Waals surface area contributed by atoms with Gasteiger partial charge in [-0.25, -0.2) is 0 Å². The molecule has 1 aromatic rings. The monoisotopic (exact) mass is 377 g/mol. The minimum Gasteiger partial charge on any atom is -0.358 e. The van der Waals surface area contributed by atoms with E-state index in [0.717, 1.165) is 31.7 Å². The van der Waals surface area contributed by atoms with Crippen molar-refractivity contribution in [3.05, 3.63) is 49.9 Å². The molecule has 2 nitrogen and oxygen atoms in total. The van der Waals surface area contributed by atoms with Gasteiger partial charge in [0.25, 0.3) is 0 Å². The molecule has 0 aromatic carbocycles.